The summed E-state index contributed by atoms with van der Waals surface area (Å²) in [4.78, 5) is 9.04. The van der Waals surface area contributed by atoms with E-state index in [0.717, 1.165) is 27.7 Å². The fourth-order valence-electron chi connectivity index (χ4n) is 2.23. The van der Waals surface area contributed by atoms with Gasteiger partial charge >= 0.3 is 0 Å². The minimum atomic E-state index is 0.584. The largest absolute Gasteiger partial charge is 0.436 e. The van der Waals surface area contributed by atoms with Gasteiger partial charge in [-0.3, -0.25) is 0 Å². The summed E-state index contributed by atoms with van der Waals surface area (Å²) in [6.07, 6.45) is 1.75. The molecule has 0 radical (unpaired) electrons. The minimum absolute atomic E-state index is 0.584. The molecule has 90 valence electrons. The molecule has 0 spiro atoms. The van der Waals surface area contributed by atoms with Crippen molar-refractivity contribution in [2.75, 3.05) is 0 Å². The molecule has 0 aliphatic heterocycles. The average Bonchev–Trinajstić information content (AvgIpc) is 2.86. The molecule has 3 heteroatoms. The van der Waals surface area contributed by atoms with Crippen LogP contribution in [0.1, 0.15) is 0 Å². The Labute approximate surface area is 109 Å². The van der Waals surface area contributed by atoms with Crippen molar-refractivity contribution in [3.05, 3.63) is 60.8 Å². The molecular weight excluding hydrogens is 236 g/mol. The molecule has 0 aliphatic carbocycles. The first-order chi connectivity index (χ1) is 9.42. The van der Waals surface area contributed by atoms with Gasteiger partial charge in [-0.25, -0.2) is 9.97 Å². The first kappa shape index (κ1) is 10.3. The van der Waals surface area contributed by atoms with E-state index in [-0.39, 0.29) is 0 Å². The van der Waals surface area contributed by atoms with Gasteiger partial charge in [0.05, 0.1) is 11.9 Å². The first-order valence-electron chi connectivity index (χ1n) is 6.11. The normalized spacial score (nSPS) is 11.2. The molecule has 0 amide bonds. The van der Waals surface area contributed by atoms with Crippen molar-refractivity contribution in [3.8, 4) is 11.3 Å². The fourth-order valence-corrected chi connectivity index (χ4v) is 2.23. The Morgan fingerprint density at radius 2 is 1.63 bits per heavy atom. The maximum absolute atomic E-state index is 5.67. The van der Waals surface area contributed by atoms with Gasteiger partial charge in [-0.2, -0.15) is 0 Å². The highest BCUT2D eigenvalue weighted by Gasteiger charge is 2.10. The van der Waals surface area contributed by atoms with E-state index < -0.39 is 0 Å². The second kappa shape index (κ2) is 3.92. The van der Waals surface area contributed by atoms with Crippen LogP contribution >= 0.6 is 0 Å². The van der Waals surface area contributed by atoms with Crippen molar-refractivity contribution >= 4 is 22.2 Å². The lowest BCUT2D eigenvalue weighted by Crippen LogP contribution is -1.85. The zero-order chi connectivity index (χ0) is 12.7. The van der Waals surface area contributed by atoms with Crippen LogP contribution in [0.25, 0.3) is 33.5 Å². The van der Waals surface area contributed by atoms with Gasteiger partial charge in [0.1, 0.15) is 11.1 Å². The van der Waals surface area contributed by atoms with Crippen LogP contribution in [0.2, 0.25) is 0 Å². The van der Waals surface area contributed by atoms with Crippen LogP contribution in [0.4, 0.5) is 0 Å². The number of para-hydroxylation sites is 1. The molecular formula is C16H10N2O. The third-order valence-electron chi connectivity index (χ3n) is 3.16. The third-order valence-corrected chi connectivity index (χ3v) is 3.16. The van der Waals surface area contributed by atoms with Crippen molar-refractivity contribution in [2.45, 2.75) is 0 Å². The number of furan rings is 1. The first-order valence-corrected chi connectivity index (χ1v) is 6.11. The lowest BCUT2D eigenvalue weighted by Gasteiger charge is -1.99. The Bertz CT molecular complexity index is 866. The maximum Gasteiger partial charge on any atom is 0.246 e. The van der Waals surface area contributed by atoms with Gasteiger partial charge in [-0.15, -0.1) is 0 Å². The van der Waals surface area contributed by atoms with Gasteiger partial charge in [0, 0.05) is 10.9 Å². The molecule has 0 aliphatic rings. The molecule has 0 saturated carbocycles. The van der Waals surface area contributed by atoms with Crippen LogP contribution in [0.15, 0.2) is 65.2 Å². The second-order valence-electron chi connectivity index (χ2n) is 4.37. The summed E-state index contributed by atoms with van der Waals surface area (Å²) in [5.74, 6) is 0. The van der Waals surface area contributed by atoms with Gasteiger partial charge in [0.15, 0.2) is 0 Å². The van der Waals surface area contributed by atoms with E-state index in [1.54, 1.807) is 6.20 Å². The Morgan fingerprint density at radius 3 is 2.53 bits per heavy atom. The lowest BCUT2D eigenvalue weighted by molar-refractivity contribution is 0.653. The molecule has 0 bridgehead atoms. The summed E-state index contributed by atoms with van der Waals surface area (Å²) < 4.78 is 5.67. The Morgan fingerprint density at radius 1 is 0.842 bits per heavy atom. The molecule has 0 N–H and O–H groups in total. The van der Waals surface area contributed by atoms with Crippen molar-refractivity contribution in [3.63, 3.8) is 0 Å². The molecule has 2 aromatic heterocycles. The van der Waals surface area contributed by atoms with E-state index in [1.807, 2.05) is 54.6 Å². The van der Waals surface area contributed by atoms with Gasteiger partial charge in [-0.05, 0) is 12.1 Å². The molecule has 3 nitrogen and oxygen atoms in total. The number of hydrogen-bond acceptors (Lipinski definition) is 3. The van der Waals surface area contributed by atoms with Crippen molar-refractivity contribution in [1.29, 1.82) is 0 Å². The number of benzene rings is 2. The molecule has 0 atom stereocenters. The van der Waals surface area contributed by atoms with E-state index in [4.69, 9.17) is 4.42 Å². The average molecular weight is 246 g/mol. The van der Waals surface area contributed by atoms with Crippen molar-refractivity contribution < 1.29 is 4.42 Å². The van der Waals surface area contributed by atoms with Crippen LogP contribution < -0.4 is 0 Å². The molecule has 0 saturated heterocycles. The number of hydrogen-bond donors (Lipinski definition) is 0. The molecule has 0 fully saturated rings. The summed E-state index contributed by atoms with van der Waals surface area (Å²) in [6.45, 7) is 0. The zero-order valence-corrected chi connectivity index (χ0v) is 10.1. The predicted octanol–water partition coefficient (Wildman–Crippen LogP) is 4.04. The number of nitrogens with zero attached hydrogens (tertiary/aromatic N) is 2. The van der Waals surface area contributed by atoms with E-state index in [2.05, 4.69) is 9.97 Å². The van der Waals surface area contributed by atoms with Crippen molar-refractivity contribution in [1.82, 2.24) is 9.97 Å². The molecule has 19 heavy (non-hydrogen) atoms. The summed E-state index contributed by atoms with van der Waals surface area (Å²) in [5.41, 5.74) is 4.14. The Balaban J connectivity index is 2.03. The van der Waals surface area contributed by atoms with Gasteiger partial charge in [-0.1, -0.05) is 42.5 Å². The highest BCUT2D eigenvalue weighted by molar-refractivity contribution is 6.01. The zero-order valence-electron chi connectivity index (χ0n) is 10.1. The van der Waals surface area contributed by atoms with E-state index in [0.29, 0.717) is 5.71 Å². The summed E-state index contributed by atoms with van der Waals surface area (Å²) in [7, 11) is 0. The molecule has 2 heterocycles. The van der Waals surface area contributed by atoms with E-state index >= 15 is 0 Å². The summed E-state index contributed by atoms with van der Waals surface area (Å²) in [6, 6.07) is 17.9. The van der Waals surface area contributed by atoms with E-state index in [1.165, 1.54) is 0 Å². The van der Waals surface area contributed by atoms with Crippen molar-refractivity contribution in [2.24, 2.45) is 0 Å². The monoisotopic (exact) mass is 246 g/mol. The van der Waals surface area contributed by atoms with Crippen LogP contribution in [0.3, 0.4) is 0 Å². The highest BCUT2D eigenvalue weighted by Crippen LogP contribution is 2.27. The molecule has 2 aromatic carbocycles. The predicted molar refractivity (Wildman–Crippen MR) is 74.7 cm³/mol. The highest BCUT2D eigenvalue weighted by atomic mass is 16.3. The quantitative estimate of drug-likeness (QED) is 0.508. The number of aromatic nitrogens is 2. The smallest absolute Gasteiger partial charge is 0.246 e. The second-order valence-corrected chi connectivity index (χ2v) is 4.37. The molecule has 4 rings (SSSR count). The summed E-state index contributed by atoms with van der Waals surface area (Å²) in [5, 5.41) is 1.00. The van der Waals surface area contributed by atoms with Gasteiger partial charge in [0.25, 0.3) is 0 Å². The number of rotatable bonds is 1. The van der Waals surface area contributed by atoms with Gasteiger partial charge in [0.2, 0.25) is 5.71 Å². The molecule has 4 aromatic rings. The van der Waals surface area contributed by atoms with Crippen LogP contribution in [-0.2, 0) is 0 Å². The summed E-state index contributed by atoms with van der Waals surface area (Å²) >= 11 is 0. The Kier molecular flexibility index (Phi) is 2.12. The molecule has 0 unspecified atom stereocenters. The fraction of sp³-hybridized carbons (Fsp3) is 0. The SMILES string of the molecule is c1ccc(-c2cnc3oc4ccccc4c3n2)cc1. The topological polar surface area (TPSA) is 38.9 Å². The standard InChI is InChI=1S/C16H10N2O/c1-2-6-11(7-3-1)13-10-17-16-15(18-13)12-8-4-5-9-14(12)19-16/h1-10H. The Hall–Kier alpha value is -2.68. The van der Waals surface area contributed by atoms with Crippen LogP contribution in [-0.4, -0.2) is 9.97 Å². The maximum atomic E-state index is 5.67. The van der Waals surface area contributed by atoms with Gasteiger partial charge < -0.3 is 4.42 Å². The van der Waals surface area contributed by atoms with E-state index in [9.17, 15) is 0 Å². The van der Waals surface area contributed by atoms with Crippen LogP contribution in [0.5, 0.6) is 0 Å². The van der Waals surface area contributed by atoms with Crippen LogP contribution in [0, 0.1) is 0 Å². The minimum Gasteiger partial charge on any atom is -0.436 e. The lowest BCUT2D eigenvalue weighted by atomic mass is 10.1. The third kappa shape index (κ3) is 1.59. The number of fused-ring (bicyclic) bond motifs is 3.